The molecule has 0 saturated carbocycles. The molecule has 0 aliphatic rings. The van der Waals surface area contributed by atoms with Gasteiger partial charge in [-0.25, -0.2) is 4.99 Å². The Morgan fingerprint density at radius 1 is 1.29 bits per heavy atom. The van der Waals surface area contributed by atoms with E-state index in [1.54, 1.807) is 12.1 Å². The number of rotatable bonds is 4. The summed E-state index contributed by atoms with van der Waals surface area (Å²) < 4.78 is 29.5. The van der Waals surface area contributed by atoms with Crippen molar-refractivity contribution in [2.45, 2.75) is 26.9 Å². The zero-order chi connectivity index (χ0) is 13.1. The quantitative estimate of drug-likeness (QED) is 0.650. The van der Waals surface area contributed by atoms with Crippen LogP contribution in [-0.2, 0) is 0 Å². The number of aliphatic imine (C=N–C) groups is 1. The lowest BCUT2D eigenvalue weighted by Crippen LogP contribution is -2.19. The van der Waals surface area contributed by atoms with Crippen LogP contribution in [0.2, 0.25) is 0 Å². The fourth-order valence-electron chi connectivity index (χ4n) is 1.07. The largest absolute Gasteiger partial charge is 0.433 e. The van der Waals surface area contributed by atoms with Gasteiger partial charge in [0.2, 0.25) is 0 Å². The molecule has 0 aliphatic carbocycles. The van der Waals surface area contributed by atoms with Crippen molar-refractivity contribution in [3.8, 4) is 5.75 Å². The van der Waals surface area contributed by atoms with Crippen LogP contribution < -0.4 is 10.5 Å². The normalized spacial score (nSPS) is 12.9. The third-order valence-electron chi connectivity index (χ3n) is 1.98. The van der Waals surface area contributed by atoms with E-state index in [-0.39, 0.29) is 11.7 Å². The number of ether oxygens (including phenoxy) is 1. The predicted molar refractivity (Wildman–Crippen MR) is 63.8 cm³/mol. The highest BCUT2D eigenvalue weighted by atomic mass is 19.3. The molecule has 3 nitrogen and oxygen atoms in total. The van der Waals surface area contributed by atoms with Gasteiger partial charge in [0.1, 0.15) is 11.6 Å². The smallest absolute Gasteiger partial charge is 0.394 e. The van der Waals surface area contributed by atoms with Gasteiger partial charge >= 0.3 is 6.11 Å². The number of alkyl halides is 2. The lowest BCUT2D eigenvalue weighted by Gasteiger charge is -2.12. The first-order chi connectivity index (χ1) is 7.78. The van der Waals surface area contributed by atoms with E-state index in [1.807, 2.05) is 13.8 Å². The molecule has 0 atom stereocenters. The number of nitrogens with zero attached hydrogens (tertiary/aromatic N) is 1. The molecule has 0 saturated heterocycles. The number of nitrogens with two attached hydrogens (primary N) is 1. The van der Waals surface area contributed by atoms with Crippen molar-refractivity contribution in [2.24, 2.45) is 16.6 Å². The van der Waals surface area contributed by atoms with E-state index in [2.05, 4.69) is 9.73 Å². The van der Waals surface area contributed by atoms with Gasteiger partial charge in [0.05, 0.1) is 5.69 Å². The van der Waals surface area contributed by atoms with Crippen LogP contribution in [0.15, 0.2) is 29.3 Å². The second-order valence-corrected chi connectivity index (χ2v) is 4.10. The summed E-state index contributed by atoms with van der Waals surface area (Å²) in [5, 5.41) is 0. The van der Waals surface area contributed by atoms with E-state index in [0.717, 1.165) is 0 Å². The molecule has 1 aromatic rings. The second-order valence-electron chi connectivity index (χ2n) is 4.10. The molecule has 1 rings (SSSR count). The van der Waals surface area contributed by atoms with Crippen LogP contribution in [0.1, 0.15) is 20.8 Å². The van der Waals surface area contributed by atoms with Crippen LogP contribution >= 0.6 is 0 Å². The third-order valence-corrected chi connectivity index (χ3v) is 1.98. The molecule has 1 aromatic carbocycles. The maximum atomic E-state index is 12.6. The van der Waals surface area contributed by atoms with Crippen molar-refractivity contribution in [3.05, 3.63) is 24.3 Å². The number of amidine groups is 1. The van der Waals surface area contributed by atoms with Gasteiger partial charge in [0, 0.05) is 12.8 Å². The predicted octanol–water partition coefficient (Wildman–Crippen LogP) is 3.32. The molecule has 2 N–H and O–H groups in total. The highest BCUT2D eigenvalue weighted by molar-refractivity contribution is 5.84. The van der Waals surface area contributed by atoms with Crippen molar-refractivity contribution >= 4 is 11.5 Å². The van der Waals surface area contributed by atoms with Gasteiger partial charge in [0.25, 0.3) is 0 Å². The van der Waals surface area contributed by atoms with Gasteiger partial charge in [-0.05, 0) is 24.3 Å². The summed E-state index contributed by atoms with van der Waals surface area (Å²) in [6, 6.07) is 6.03. The van der Waals surface area contributed by atoms with Crippen LogP contribution in [0, 0.1) is 5.92 Å². The molecule has 0 aliphatic heterocycles. The standard InChI is InChI=1S/C12H16F2N2O/c1-8(2)11(15)16-9-4-6-10(7-5-9)17-12(3,13)14/h4-8H,1-3H3,(H2,15,16). The molecule has 0 spiro atoms. The monoisotopic (exact) mass is 242 g/mol. The first-order valence-electron chi connectivity index (χ1n) is 5.29. The summed E-state index contributed by atoms with van der Waals surface area (Å²) in [4.78, 5) is 4.15. The number of hydrogen-bond acceptors (Lipinski definition) is 2. The maximum Gasteiger partial charge on any atom is 0.394 e. The van der Waals surface area contributed by atoms with Crippen LogP contribution in [0.3, 0.4) is 0 Å². The van der Waals surface area contributed by atoms with Crippen molar-refractivity contribution < 1.29 is 13.5 Å². The summed E-state index contributed by atoms with van der Waals surface area (Å²) in [6.45, 7) is 4.54. The Morgan fingerprint density at radius 2 is 1.82 bits per heavy atom. The summed E-state index contributed by atoms with van der Waals surface area (Å²) in [6.07, 6.45) is -3.18. The van der Waals surface area contributed by atoms with Gasteiger partial charge < -0.3 is 10.5 Å². The molecule has 0 heterocycles. The Bertz CT molecular complexity index is 394. The fraction of sp³-hybridized carbons (Fsp3) is 0.417. The first kappa shape index (κ1) is 13.4. The van der Waals surface area contributed by atoms with E-state index in [0.29, 0.717) is 18.4 Å². The van der Waals surface area contributed by atoms with E-state index >= 15 is 0 Å². The van der Waals surface area contributed by atoms with E-state index in [1.165, 1.54) is 12.1 Å². The number of hydrogen-bond donors (Lipinski definition) is 1. The average Bonchev–Trinajstić information content (AvgIpc) is 2.18. The minimum absolute atomic E-state index is 0.0968. The van der Waals surface area contributed by atoms with Gasteiger partial charge in [-0.1, -0.05) is 13.8 Å². The topological polar surface area (TPSA) is 47.6 Å². The average molecular weight is 242 g/mol. The molecule has 0 amide bonds. The summed E-state index contributed by atoms with van der Waals surface area (Å²) in [5.41, 5.74) is 6.30. The Hall–Kier alpha value is -1.65. The van der Waals surface area contributed by atoms with E-state index < -0.39 is 6.11 Å². The van der Waals surface area contributed by atoms with E-state index in [4.69, 9.17) is 5.73 Å². The Balaban J connectivity index is 2.79. The molecule has 0 unspecified atom stereocenters. The molecule has 0 radical (unpaired) electrons. The van der Waals surface area contributed by atoms with Crippen molar-refractivity contribution in [3.63, 3.8) is 0 Å². The zero-order valence-electron chi connectivity index (χ0n) is 10.1. The fourth-order valence-corrected chi connectivity index (χ4v) is 1.07. The minimum Gasteiger partial charge on any atom is -0.433 e. The maximum absolute atomic E-state index is 12.6. The molecular weight excluding hydrogens is 226 g/mol. The van der Waals surface area contributed by atoms with Crippen LogP contribution in [0.25, 0.3) is 0 Å². The molecule has 5 heteroatoms. The molecule has 17 heavy (non-hydrogen) atoms. The number of halogens is 2. The Kier molecular flexibility index (Phi) is 4.04. The van der Waals surface area contributed by atoms with Crippen molar-refractivity contribution in [1.29, 1.82) is 0 Å². The summed E-state index contributed by atoms with van der Waals surface area (Å²) in [5.74, 6) is 0.741. The third kappa shape index (κ3) is 4.80. The summed E-state index contributed by atoms with van der Waals surface area (Å²) in [7, 11) is 0. The molecule has 0 bridgehead atoms. The zero-order valence-corrected chi connectivity index (χ0v) is 10.1. The lowest BCUT2D eigenvalue weighted by molar-refractivity contribution is -0.158. The van der Waals surface area contributed by atoms with Crippen LogP contribution in [0.5, 0.6) is 5.75 Å². The van der Waals surface area contributed by atoms with Gasteiger partial charge in [-0.2, -0.15) is 8.78 Å². The van der Waals surface area contributed by atoms with E-state index in [9.17, 15) is 8.78 Å². The van der Waals surface area contributed by atoms with Crippen molar-refractivity contribution in [2.75, 3.05) is 0 Å². The molecular formula is C12H16F2N2O. The van der Waals surface area contributed by atoms with Crippen molar-refractivity contribution in [1.82, 2.24) is 0 Å². The van der Waals surface area contributed by atoms with Crippen LogP contribution in [0.4, 0.5) is 14.5 Å². The number of benzene rings is 1. The minimum atomic E-state index is -3.18. The highest BCUT2D eigenvalue weighted by Gasteiger charge is 2.22. The van der Waals surface area contributed by atoms with Gasteiger partial charge in [-0.15, -0.1) is 0 Å². The Labute approximate surface area is 99.3 Å². The molecule has 0 aromatic heterocycles. The molecule has 0 fully saturated rings. The highest BCUT2D eigenvalue weighted by Crippen LogP contribution is 2.23. The lowest BCUT2D eigenvalue weighted by atomic mass is 10.2. The van der Waals surface area contributed by atoms with Gasteiger partial charge in [0.15, 0.2) is 0 Å². The van der Waals surface area contributed by atoms with Gasteiger partial charge in [-0.3, -0.25) is 0 Å². The second kappa shape index (κ2) is 5.12. The first-order valence-corrected chi connectivity index (χ1v) is 5.29. The van der Waals surface area contributed by atoms with Crippen LogP contribution in [-0.4, -0.2) is 11.9 Å². The molecule has 94 valence electrons. The summed E-state index contributed by atoms with van der Waals surface area (Å²) >= 11 is 0. The Morgan fingerprint density at radius 3 is 2.24 bits per heavy atom. The SMILES string of the molecule is CC(C)C(N)=Nc1ccc(OC(C)(F)F)cc1.